The van der Waals surface area contributed by atoms with Crippen LogP contribution in [0.5, 0.6) is 0 Å². The van der Waals surface area contributed by atoms with Crippen molar-refractivity contribution >= 4 is 0 Å². The Morgan fingerprint density at radius 3 is 2.60 bits per heavy atom. The van der Waals surface area contributed by atoms with E-state index in [1.807, 2.05) is 0 Å². The fraction of sp³-hybridized carbons (Fsp3) is 1.00. The molecule has 1 heterocycles. The minimum absolute atomic E-state index is 0.497. The molecule has 0 aromatic heterocycles. The minimum Gasteiger partial charge on any atom is -0.328 e. The van der Waals surface area contributed by atoms with Gasteiger partial charge in [-0.1, -0.05) is 6.42 Å². The van der Waals surface area contributed by atoms with E-state index in [0.717, 1.165) is 18.0 Å². The number of fused-ring (bicyclic) bond motifs is 1. The maximum Gasteiger partial charge on any atom is 0.0126 e. The zero-order valence-corrected chi connectivity index (χ0v) is 9.70. The van der Waals surface area contributed by atoms with E-state index in [9.17, 15) is 0 Å². The third-order valence-electron chi connectivity index (χ3n) is 4.95. The van der Waals surface area contributed by atoms with E-state index in [-0.39, 0.29) is 0 Å². The molecule has 0 amide bonds. The molecule has 2 N–H and O–H groups in total. The van der Waals surface area contributed by atoms with Crippen molar-refractivity contribution in [3.63, 3.8) is 0 Å². The summed E-state index contributed by atoms with van der Waals surface area (Å²) in [5.41, 5.74) is 6.04. The van der Waals surface area contributed by atoms with Crippen molar-refractivity contribution in [2.24, 2.45) is 11.7 Å². The summed E-state index contributed by atoms with van der Waals surface area (Å²) in [7, 11) is 0. The van der Waals surface area contributed by atoms with Crippen LogP contribution in [-0.2, 0) is 0 Å². The number of likely N-dealkylation sites (tertiary alicyclic amines) is 1. The summed E-state index contributed by atoms with van der Waals surface area (Å²) in [6.07, 6.45) is 11.3. The topological polar surface area (TPSA) is 29.3 Å². The van der Waals surface area contributed by atoms with Gasteiger partial charge in [-0.25, -0.2) is 0 Å². The monoisotopic (exact) mass is 208 g/mol. The van der Waals surface area contributed by atoms with E-state index in [1.165, 1.54) is 57.9 Å². The van der Waals surface area contributed by atoms with Crippen molar-refractivity contribution in [2.45, 2.75) is 69.5 Å². The van der Waals surface area contributed by atoms with Gasteiger partial charge in [0.25, 0.3) is 0 Å². The van der Waals surface area contributed by atoms with E-state index in [1.54, 1.807) is 0 Å². The Hall–Kier alpha value is -0.0800. The summed E-state index contributed by atoms with van der Waals surface area (Å²) in [4.78, 5) is 2.84. The third-order valence-corrected chi connectivity index (χ3v) is 4.95. The normalized spacial score (nSPS) is 47.0. The standard InChI is InChI=1S/C13H24N2/c14-11-6-7-12(9-11)15-8-2-4-10-3-1-5-13(10)15/h10-13H,1-9,14H2. The lowest BCUT2D eigenvalue weighted by Gasteiger charge is -2.41. The van der Waals surface area contributed by atoms with Crippen LogP contribution in [0.25, 0.3) is 0 Å². The molecule has 2 nitrogen and oxygen atoms in total. The molecule has 15 heavy (non-hydrogen) atoms. The van der Waals surface area contributed by atoms with Gasteiger partial charge in [0.05, 0.1) is 0 Å². The largest absolute Gasteiger partial charge is 0.328 e. The molecule has 2 saturated carbocycles. The zero-order valence-electron chi connectivity index (χ0n) is 9.70. The molecular formula is C13H24N2. The molecule has 0 radical (unpaired) electrons. The van der Waals surface area contributed by atoms with E-state index in [4.69, 9.17) is 5.73 Å². The van der Waals surface area contributed by atoms with Gasteiger partial charge in [-0.3, -0.25) is 4.90 Å². The van der Waals surface area contributed by atoms with Gasteiger partial charge < -0.3 is 5.73 Å². The van der Waals surface area contributed by atoms with E-state index in [2.05, 4.69) is 4.90 Å². The molecule has 0 bridgehead atoms. The molecule has 0 aromatic carbocycles. The molecule has 0 aromatic rings. The Morgan fingerprint density at radius 2 is 1.80 bits per heavy atom. The SMILES string of the molecule is NC1CCC(N2CCCC3CCCC32)C1. The summed E-state index contributed by atoms with van der Waals surface area (Å²) >= 11 is 0. The first-order chi connectivity index (χ1) is 7.34. The summed E-state index contributed by atoms with van der Waals surface area (Å²) in [5.74, 6) is 1.04. The van der Waals surface area contributed by atoms with E-state index < -0.39 is 0 Å². The predicted molar refractivity (Wildman–Crippen MR) is 62.7 cm³/mol. The smallest absolute Gasteiger partial charge is 0.0126 e. The Kier molecular flexibility index (Phi) is 2.73. The first-order valence-corrected chi connectivity index (χ1v) is 6.86. The quantitative estimate of drug-likeness (QED) is 0.715. The van der Waals surface area contributed by atoms with Gasteiger partial charge in [-0.15, -0.1) is 0 Å². The number of rotatable bonds is 1. The second-order valence-electron chi connectivity index (χ2n) is 5.87. The third kappa shape index (κ3) is 1.83. The molecule has 1 aliphatic heterocycles. The molecule has 0 spiro atoms. The number of nitrogens with zero attached hydrogens (tertiary/aromatic N) is 1. The van der Waals surface area contributed by atoms with Crippen LogP contribution in [0.1, 0.15) is 51.4 Å². The van der Waals surface area contributed by atoms with Crippen molar-refractivity contribution in [2.75, 3.05) is 6.54 Å². The molecule has 3 fully saturated rings. The number of nitrogens with two attached hydrogens (primary N) is 1. The van der Waals surface area contributed by atoms with Crippen molar-refractivity contribution in [3.05, 3.63) is 0 Å². The highest BCUT2D eigenvalue weighted by Crippen LogP contribution is 2.40. The second kappa shape index (κ2) is 4.06. The second-order valence-corrected chi connectivity index (χ2v) is 5.87. The van der Waals surface area contributed by atoms with Crippen molar-refractivity contribution < 1.29 is 0 Å². The molecular weight excluding hydrogens is 184 g/mol. The molecule has 3 rings (SSSR count). The van der Waals surface area contributed by atoms with E-state index >= 15 is 0 Å². The number of hydrogen-bond acceptors (Lipinski definition) is 2. The van der Waals surface area contributed by atoms with Gasteiger partial charge in [0.2, 0.25) is 0 Å². The highest BCUT2D eigenvalue weighted by molar-refractivity contribution is 4.95. The highest BCUT2D eigenvalue weighted by Gasteiger charge is 2.39. The summed E-state index contributed by atoms with van der Waals surface area (Å²) in [6, 6.07) is 2.27. The number of hydrogen-bond donors (Lipinski definition) is 1. The van der Waals surface area contributed by atoms with Gasteiger partial charge in [0.15, 0.2) is 0 Å². The average Bonchev–Trinajstić information content (AvgIpc) is 2.84. The molecule has 2 aliphatic carbocycles. The van der Waals surface area contributed by atoms with Gasteiger partial charge in [0.1, 0.15) is 0 Å². The van der Waals surface area contributed by atoms with Crippen molar-refractivity contribution in [1.29, 1.82) is 0 Å². The maximum absolute atomic E-state index is 6.04. The summed E-state index contributed by atoms with van der Waals surface area (Å²) in [6.45, 7) is 1.36. The van der Waals surface area contributed by atoms with Gasteiger partial charge in [0, 0.05) is 18.1 Å². The summed E-state index contributed by atoms with van der Waals surface area (Å²) in [5, 5.41) is 0. The average molecular weight is 208 g/mol. The van der Waals surface area contributed by atoms with Crippen LogP contribution in [0, 0.1) is 5.92 Å². The molecule has 4 atom stereocenters. The lowest BCUT2D eigenvalue weighted by molar-refractivity contribution is 0.0693. The summed E-state index contributed by atoms with van der Waals surface area (Å²) < 4.78 is 0. The fourth-order valence-corrected chi connectivity index (χ4v) is 4.24. The van der Waals surface area contributed by atoms with Crippen molar-refractivity contribution in [1.82, 2.24) is 4.90 Å². The predicted octanol–water partition coefficient (Wildman–Crippen LogP) is 2.13. The van der Waals surface area contributed by atoms with Crippen LogP contribution in [0.4, 0.5) is 0 Å². The van der Waals surface area contributed by atoms with Crippen LogP contribution in [0.2, 0.25) is 0 Å². The molecule has 86 valence electrons. The van der Waals surface area contributed by atoms with Crippen LogP contribution < -0.4 is 5.73 Å². The fourth-order valence-electron chi connectivity index (χ4n) is 4.24. The number of piperidine rings is 1. The van der Waals surface area contributed by atoms with Crippen LogP contribution in [0.15, 0.2) is 0 Å². The van der Waals surface area contributed by atoms with Gasteiger partial charge in [-0.2, -0.15) is 0 Å². The molecule has 4 unspecified atom stereocenters. The molecule has 1 saturated heterocycles. The van der Waals surface area contributed by atoms with Crippen molar-refractivity contribution in [3.8, 4) is 0 Å². The Labute approximate surface area is 93.2 Å². The maximum atomic E-state index is 6.04. The molecule has 3 aliphatic rings. The Balaban J connectivity index is 1.69. The first-order valence-electron chi connectivity index (χ1n) is 6.86. The minimum atomic E-state index is 0.497. The van der Waals surface area contributed by atoms with Crippen LogP contribution in [0.3, 0.4) is 0 Å². The van der Waals surface area contributed by atoms with Gasteiger partial charge in [-0.05, 0) is 57.4 Å². The molecule has 2 heteroatoms. The lowest BCUT2D eigenvalue weighted by Crippen LogP contribution is -2.47. The van der Waals surface area contributed by atoms with Crippen LogP contribution >= 0.6 is 0 Å². The van der Waals surface area contributed by atoms with Crippen LogP contribution in [-0.4, -0.2) is 29.6 Å². The van der Waals surface area contributed by atoms with E-state index in [0.29, 0.717) is 6.04 Å². The highest BCUT2D eigenvalue weighted by atomic mass is 15.2. The van der Waals surface area contributed by atoms with Gasteiger partial charge >= 0.3 is 0 Å². The zero-order chi connectivity index (χ0) is 10.3. The Morgan fingerprint density at radius 1 is 0.933 bits per heavy atom. The first kappa shape index (κ1) is 10.1. The lowest BCUT2D eigenvalue weighted by atomic mass is 9.90. The Bertz CT molecular complexity index is 229.